The smallest absolute Gasteiger partial charge is 0.141 e. The van der Waals surface area contributed by atoms with E-state index in [1.165, 1.54) is 6.07 Å². The quantitative estimate of drug-likeness (QED) is 0.840. The second-order valence-corrected chi connectivity index (χ2v) is 5.77. The Morgan fingerprint density at radius 3 is 2.45 bits per heavy atom. The summed E-state index contributed by atoms with van der Waals surface area (Å²) in [7, 11) is 4.10. The van der Waals surface area contributed by atoms with E-state index in [0.717, 1.165) is 18.7 Å². The number of nitrogens with two attached hydrogens (primary N) is 1. The highest BCUT2D eigenvalue weighted by Crippen LogP contribution is 2.26. The van der Waals surface area contributed by atoms with Crippen LogP contribution in [0, 0.1) is 5.82 Å². The van der Waals surface area contributed by atoms with E-state index in [2.05, 4.69) is 37.7 Å². The van der Waals surface area contributed by atoms with Crippen molar-refractivity contribution in [3.05, 3.63) is 34.6 Å². The Morgan fingerprint density at radius 2 is 2.00 bits per heavy atom. The average molecular weight is 302 g/mol. The van der Waals surface area contributed by atoms with Crippen LogP contribution in [0.2, 0.25) is 5.02 Å². The Hall–Kier alpha value is -0.680. The molecule has 1 aromatic rings. The van der Waals surface area contributed by atoms with Crippen LogP contribution >= 0.6 is 11.6 Å². The van der Waals surface area contributed by atoms with Crippen LogP contribution in [0.25, 0.3) is 0 Å². The van der Waals surface area contributed by atoms with Crippen molar-refractivity contribution in [2.45, 2.75) is 25.9 Å². The molecule has 2 atom stereocenters. The van der Waals surface area contributed by atoms with Crippen molar-refractivity contribution in [1.82, 2.24) is 9.80 Å². The fraction of sp³-hybridized carbons (Fsp3) is 0.600. The minimum absolute atomic E-state index is 0.0491. The number of halogens is 2. The fourth-order valence-electron chi connectivity index (χ4n) is 2.66. The summed E-state index contributed by atoms with van der Waals surface area (Å²) >= 11 is 5.88. The second kappa shape index (κ2) is 7.93. The van der Waals surface area contributed by atoms with Gasteiger partial charge in [-0.2, -0.15) is 0 Å². The van der Waals surface area contributed by atoms with Gasteiger partial charge in [-0.25, -0.2) is 4.39 Å². The third-order valence-electron chi connectivity index (χ3n) is 3.51. The SMILES string of the molecule is CCN(C(C)CN(C)C)C(CN)c1ccc(F)c(Cl)c1. The van der Waals surface area contributed by atoms with Crippen LogP contribution < -0.4 is 5.73 Å². The molecule has 5 heteroatoms. The van der Waals surface area contributed by atoms with Crippen molar-refractivity contribution in [2.24, 2.45) is 5.73 Å². The molecule has 114 valence electrons. The van der Waals surface area contributed by atoms with Gasteiger partial charge >= 0.3 is 0 Å². The number of likely N-dealkylation sites (N-methyl/N-ethyl adjacent to an activating group) is 2. The molecule has 20 heavy (non-hydrogen) atoms. The normalized spacial score (nSPS) is 14.8. The summed E-state index contributed by atoms with van der Waals surface area (Å²) in [5.74, 6) is -0.393. The molecule has 0 amide bonds. The van der Waals surface area contributed by atoms with Crippen molar-refractivity contribution in [2.75, 3.05) is 33.7 Å². The topological polar surface area (TPSA) is 32.5 Å². The Bertz CT molecular complexity index is 426. The zero-order valence-corrected chi connectivity index (χ0v) is 13.5. The van der Waals surface area contributed by atoms with E-state index >= 15 is 0 Å². The summed E-state index contributed by atoms with van der Waals surface area (Å²) in [6.45, 7) is 6.59. The van der Waals surface area contributed by atoms with Crippen LogP contribution in [-0.4, -0.2) is 49.6 Å². The lowest BCUT2D eigenvalue weighted by Crippen LogP contribution is -2.44. The molecule has 0 heterocycles. The standard InChI is InChI=1S/C15H25ClFN3/c1-5-20(11(2)10-19(3)4)15(9-18)12-6-7-14(17)13(16)8-12/h6-8,11,15H,5,9-10,18H2,1-4H3. The zero-order valence-electron chi connectivity index (χ0n) is 12.7. The summed E-state index contributed by atoms with van der Waals surface area (Å²) in [6.07, 6.45) is 0. The van der Waals surface area contributed by atoms with Gasteiger partial charge in [0.25, 0.3) is 0 Å². The minimum Gasteiger partial charge on any atom is -0.329 e. The van der Waals surface area contributed by atoms with Gasteiger partial charge in [-0.3, -0.25) is 4.90 Å². The number of hydrogen-bond donors (Lipinski definition) is 1. The number of rotatable bonds is 7. The van der Waals surface area contributed by atoms with Gasteiger partial charge in [-0.15, -0.1) is 0 Å². The molecule has 2 N–H and O–H groups in total. The summed E-state index contributed by atoms with van der Waals surface area (Å²) in [5.41, 5.74) is 6.91. The Morgan fingerprint density at radius 1 is 1.35 bits per heavy atom. The first-order chi connectivity index (χ1) is 9.40. The molecule has 0 radical (unpaired) electrons. The van der Waals surface area contributed by atoms with Crippen molar-refractivity contribution < 1.29 is 4.39 Å². The molecule has 0 saturated carbocycles. The molecule has 0 bridgehead atoms. The molecule has 0 aromatic heterocycles. The van der Waals surface area contributed by atoms with Gasteiger partial charge in [-0.05, 0) is 45.3 Å². The second-order valence-electron chi connectivity index (χ2n) is 5.37. The fourth-order valence-corrected chi connectivity index (χ4v) is 2.84. The van der Waals surface area contributed by atoms with E-state index in [1.807, 2.05) is 0 Å². The maximum absolute atomic E-state index is 13.3. The van der Waals surface area contributed by atoms with Crippen LogP contribution in [0.4, 0.5) is 4.39 Å². The van der Waals surface area contributed by atoms with E-state index in [1.54, 1.807) is 12.1 Å². The molecule has 1 rings (SSSR count). The predicted molar refractivity (Wildman–Crippen MR) is 83.6 cm³/mol. The highest BCUT2D eigenvalue weighted by Gasteiger charge is 2.23. The molecule has 0 aliphatic rings. The molecule has 3 nitrogen and oxygen atoms in total. The van der Waals surface area contributed by atoms with Gasteiger partial charge in [0.2, 0.25) is 0 Å². The Balaban J connectivity index is 2.98. The minimum atomic E-state index is -0.393. The molecular weight excluding hydrogens is 277 g/mol. The van der Waals surface area contributed by atoms with E-state index in [-0.39, 0.29) is 11.1 Å². The van der Waals surface area contributed by atoms with Gasteiger partial charge in [0.05, 0.1) is 5.02 Å². The molecule has 0 aliphatic carbocycles. The summed E-state index contributed by atoms with van der Waals surface area (Å²) < 4.78 is 13.3. The van der Waals surface area contributed by atoms with Crippen molar-refractivity contribution in [3.8, 4) is 0 Å². The largest absolute Gasteiger partial charge is 0.329 e. The Kier molecular flexibility index (Phi) is 6.89. The average Bonchev–Trinajstić information content (AvgIpc) is 2.38. The third kappa shape index (κ3) is 4.42. The first-order valence-corrected chi connectivity index (χ1v) is 7.34. The molecule has 0 fully saturated rings. The number of nitrogens with zero attached hydrogens (tertiary/aromatic N) is 2. The van der Waals surface area contributed by atoms with Crippen molar-refractivity contribution in [1.29, 1.82) is 0 Å². The maximum Gasteiger partial charge on any atom is 0.141 e. The lowest BCUT2D eigenvalue weighted by Gasteiger charge is -2.36. The first kappa shape index (κ1) is 17.4. The molecule has 0 spiro atoms. The van der Waals surface area contributed by atoms with Gasteiger partial charge < -0.3 is 10.6 Å². The number of benzene rings is 1. The van der Waals surface area contributed by atoms with Crippen LogP contribution in [0.15, 0.2) is 18.2 Å². The summed E-state index contributed by atoms with van der Waals surface area (Å²) in [5, 5.41) is 0.150. The van der Waals surface area contributed by atoms with Gasteiger partial charge in [0.1, 0.15) is 5.82 Å². The van der Waals surface area contributed by atoms with Crippen LogP contribution in [0.5, 0.6) is 0 Å². The molecule has 0 saturated heterocycles. The monoisotopic (exact) mass is 301 g/mol. The third-order valence-corrected chi connectivity index (χ3v) is 3.80. The first-order valence-electron chi connectivity index (χ1n) is 6.96. The Labute approximate surface area is 126 Å². The highest BCUT2D eigenvalue weighted by atomic mass is 35.5. The maximum atomic E-state index is 13.3. The van der Waals surface area contributed by atoms with E-state index in [0.29, 0.717) is 12.6 Å². The van der Waals surface area contributed by atoms with Gasteiger partial charge in [-0.1, -0.05) is 24.6 Å². The van der Waals surface area contributed by atoms with Gasteiger partial charge in [0.15, 0.2) is 0 Å². The lowest BCUT2D eigenvalue weighted by atomic mass is 10.0. The zero-order chi connectivity index (χ0) is 15.3. The van der Waals surface area contributed by atoms with Crippen LogP contribution in [-0.2, 0) is 0 Å². The van der Waals surface area contributed by atoms with E-state index < -0.39 is 5.82 Å². The van der Waals surface area contributed by atoms with Crippen LogP contribution in [0.1, 0.15) is 25.5 Å². The molecule has 0 aliphatic heterocycles. The van der Waals surface area contributed by atoms with E-state index in [9.17, 15) is 4.39 Å². The predicted octanol–water partition coefficient (Wildman–Crippen LogP) is 2.75. The van der Waals surface area contributed by atoms with Crippen molar-refractivity contribution >= 4 is 11.6 Å². The molecular formula is C15H25ClFN3. The summed E-state index contributed by atoms with van der Waals surface area (Å²) in [6, 6.07) is 5.26. The number of hydrogen-bond acceptors (Lipinski definition) is 3. The van der Waals surface area contributed by atoms with E-state index in [4.69, 9.17) is 17.3 Å². The van der Waals surface area contributed by atoms with Crippen molar-refractivity contribution in [3.63, 3.8) is 0 Å². The highest BCUT2D eigenvalue weighted by molar-refractivity contribution is 6.30. The lowest BCUT2D eigenvalue weighted by molar-refractivity contribution is 0.131. The van der Waals surface area contributed by atoms with Gasteiger partial charge in [0, 0.05) is 25.2 Å². The van der Waals surface area contributed by atoms with Crippen LogP contribution in [0.3, 0.4) is 0 Å². The molecule has 2 unspecified atom stereocenters. The molecule has 1 aromatic carbocycles. The summed E-state index contributed by atoms with van der Waals surface area (Å²) in [4.78, 5) is 4.47.